The molecule has 1 aliphatic heterocycles. The van der Waals surface area contributed by atoms with Gasteiger partial charge in [-0.25, -0.2) is 26.6 Å². The summed E-state index contributed by atoms with van der Waals surface area (Å²) in [6, 6.07) is 10.5. The summed E-state index contributed by atoms with van der Waals surface area (Å²) < 4.78 is 72.0. The maximum absolute atomic E-state index is 16.1. The maximum atomic E-state index is 16.1. The number of nitrogens with one attached hydrogen (secondary N) is 1. The summed E-state index contributed by atoms with van der Waals surface area (Å²) in [5.41, 5.74) is 2.48. The van der Waals surface area contributed by atoms with E-state index in [4.69, 9.17) is 5.10 Å². The summed E-state index contributed by atoms with van der Waals surface area (Å²) in [6.45, 7) is 1.82. The molecule has 11 heteroatoms. The summed E-state index contributed by atoms with van der Waals surface area (Å²) in [7, 11) is -2.32. The maximum Gasteiger partial charge on any atom is 0.185 e. The summed E-state index contributed by atoms with van der Waals surface area (Å²) in [6.07, 6.45) is 7.12. The second-order valence-corrected chi connectivity index (χ2v) is 12.1. The molecule has 0 aliphatic carbocycles. The van der Waals surface area contributed by atoms with Crippen molar-refractivity contribution in [2.75, 3.05) is 20.1 Å². The van der Waals surface area contributed by atoms with Gasteiger partial charge >= 0.3 is 0 Å². The third-order valence-electron chi connectivity index (χ3n) is 7.45. The number of aromatic amines is 1. The molecule has 7 nitrogen and oxygen atoms in total. The lowest BCUT2D eigenvalue weighted by Gasteiger charge is -2.29. The number of piperidine rings is 1. The minimum absolute atomic E-state index is 0.120. The van der Waals surface area contributed by atoms with Crippen LogP contribution in [0.25, 0.3) is 33.4 Å². The fourth-order valence-corrected chi connectivity index (χ4v) is 6.75. The van der Waals surface area contributed by atoms with E-state index in [1.54, 1.807) is 24.5 Å². The van der Waals surface area contributed by atoms with Crippen LogP contribution in [0.1, 0.15) is 24.4 Å². The van der Waals surface area contributed by atoms with Gasteiger partial charge in [-0.1, -0.05) is 12.1 Å². The first-order chi connectivity index (χ1) is 19.2. The zero-order chi connectivity index (χ0) is 28.0. The van der Waals surface area contributed by atoms with Crippen LogP contribution in [-0.2, 0) is 15.6 Å². The predicted molar refractivity (Wildman–Crippen MR) is 146 cm³/mol. The monoisotopic (exact) mass is 565 g/mol. The van der Waals surface area contributed by atoms with E-state index in [2.05, 4.69) is 21.9 Å². The number of benzene rings is 2. The van der Waals surface area contributed by atoms with Gasteiger partial charge in [0.25, 0.3) is 0 Å². The average Bonchev–Trinajstić information content (AvgIpc) is 3.59. The molecule has 3 aromatic heterocycles. The lowest BCUT2D eigenvalue weighted by molar-refractivity contribution is 0.212. The van der Waals surface area contributed by atoms with Crippen molar-refractivity contribution in [3.05, 3.63) is 90.1 Å². The smallest absolute Gasteiger partial charge is 0.185 e. The SMILES string of the molecule is CN1CCC(n2cc(-c3ccnc4[nH]ccc34)c(-c3cccc(CS(=O)(=O)c4cc(F)ccc4F)c3F)n2)CC1. The molecule has 206 valence electrons. The van der Waals surface area contributed by atoms with Crippen LogP contribution < -0.4 is 0 Å². The van der Waals surface area contributed by atoms with Crippen LogP contribution >= 0.6 is 0 Å². The third kappa shape index (κ3) is 4.79. The van der Waals surface area contributed by atoms with E-state index in [9.17, 15) is 17.2 Å². The van der Waals surface area contributed by atoms with Crippen LogP contribution in [0.3, 0.4) is 0 Å². The number of aromatic nitrogens is 4. The molecule has 0 saturated carbocycles. The molecule has 0 amide bonds. The predicted octanol–water partition coefficient (Wildman–Crippen LogP) is 5.75. The van der Waals surface area contributed by atoms with Crippen molar-refractivity contribution in [3.8, 4) is 22.4 Å². The number of likely N-dealkylation sites (tertiary alicyclic amines) is 1. The first kappa shape index (κ1) is 26.3. The Kier molecular flexibility index (Phi) is 6.71. The Bertz CT molecular complexity index is 1820. The molecular formula is C29H26F3N5O2S. The highest BCUT2D eigenvalue weighted by Crippen LogP contribution is 2.38. The van der Waals surface area contributed by atoms with Gasteiger partial charge in [-0.05, 0) is 74.9 Å². The van der Waals surface area contributed by atoms with Crippen molar-refractivity contribution in [3.63, 3.8) is 0 Å². The normalized spacial score (nSPS) is 15.2. The molecule has 6 rings (SSSR count). The third-order valence-corrected chi connectivity index (χ3v) is 9.13. The standard InChI is InChI=1S/C29H26F3N5O2S/c1-36-13-9-20(10-14-36)37-16-24(21-7-11-33-29-22(21)8-12-34-29)28(35-37)23-4-2-3-18(27(23)32)17-40(38,39)26-15-19(30)5-6-25(26)31/h2-8,11-12,15-16,20H,9-10,13-14,17H2,1H3,(H,33,34). The van der Waals surface area contributed by atoms with Crippen LogP contribution in [-0.4, -0.2) is 53.2 Å². The van der Waals surface area contributed by atoms with Gasteiger partial charge in [0.1, 0.15) is 33.7 Å². The van der Waals surface area contributed by atoms with Crippen molar-refractivity contribution in [2.45, 2.75) is 29.5 Å². The Morgan fingerprint density at radius 2 is 1.80 bits per heavy atom. The molecule has 1 saturated heterocycles. The number of fused-ring (bicyclic) bond motifs is 1. The van der Waals surface area contributed by atoms with Crippen LogP contribution in [0.15, 0.2) is 72.0 Å². The molecular weight excluding hydrogens is 539 g/mol. The highest BCUT2D eigenvalue weighted by molar-refractivity contribution is 7.90. The number of nitrogens with zero attached hydrogens (tertiary/aromatic N) is 4. The van der Waals surface area contributed by atoms with E-state index >= 15 is 4.39 Å². The lowest BCUT2D eigenvalue weighted by Crippen LogP contribution is -2.31. The van der Waals surface area contributed by atoms with Crippen molar-refractivity contribution >= 4 is 20.9 Å². The van der Waals surface area contributed by atoms with Crippen molar-refractivity contribution < 1.29 is 21.6 Å². The van der Waals surface area contributed by atoms with Gasteiger partial charge in [0.05, 0.1) is 11.8 Å². The summed E-state index contributed by atoms with van der Waals surface area (Å²) in [4.78, 5) is 8.89. The number of hydrogen-bond acceptors (Lipinski definition) is 5. The molecule has 1 aliphatic rings. The van der Waals surface area contributed by atoms with Crippen LogP contribution in [0.2, 0.25) is 0 Å². The minimum atomic E-state index is -4.39. The largest absolute Gasteiger partial charge is 0.346 e. The fraction of sp³-hybridized carbons (Fsp3) is 0.241. The molecule has 4 heterocycles. The quantitative estimate of drug-likeness (QED) is 0.283. The van der Waals surface area contributed by atoms with Crippen molar-refractivity contribution in [1.82, 2.24) is 24.6 Å². The minimum Gasteiger partial charge on any atom is -0.346 e. The van der Waals surface area contributed by atoms with Crippen LogP contribution in [0.5, 0.6) is 0 Å². The van der Waals surface area contributed by atoms with Gasteiger partial charge in [-0.2, -0.15) is 5.10 Å². The Morgan fingerprint density at radius 3 is 2.60 bits per heavy atom. The zero-order valence-corrected chi connectivity index (χ0v) is 22.4. The number of hydrogen-bond donors (Lipinski definition) is 1. The lowest BCUT2D eigenvalue weighted by atomic mass is 9.99. The van der Waals surface area contributed by atoms with E-state index in [0.29, 0.717) is 23.0 Å². The molecule has 1 fully saturated rings. The molecule has 0 radical (unpaired) electrons. The zero-order valence-electron chi connectivity index (χ0n) is 21.6. The first-order valence-corrected chi connectivity index (χ1v) is 14.5. The number of rotatable bonds is 6. The van der Waals surface area contributed by atoms with Gasteiger partial charge in [0, 0.05) is 40.7 Å². The van der Waals surface area contributed by atoms with Gasteiger partial charge < -0.3 is 9.88 Å². The number of pyridine rings is 1. The highest BCUT2D eigenvalue weighted by atomic mass is 32.2. The topological polar surface area (TPSA) is 83.9 Å². The Morgan fingerprint density at radius 1 is 1.00 bits per heavy atom. The number of H-pyrrole nitrogens is 1. The van der Waals surface area contributed by atoms with E-state index in [0.717, 1.165) is 49.0 Å². The van der Waals surface area contributed by atoms with Gasteiger partial charge in [0.2, 0.25) is 0 Å². The van der Waals surface area contributed by atoms with Crippen molar-refractivity contribution in [2.24, 2.45) is 0 Å². The second kappa shape index (κ2) is 10.2. The second-order valence-electron chi connectivity index (χ2n) is 10.1. The van der Waals surface area contributed by atoms with E-state index in [1.807, 2.05) is 23.0 Å². The van der Waals surface area contributed by atoms with Crippen LogP contribution in [0, 0.1) is 17.5 Å². The Hall–Kier alpha value is -3.96. The molecule has 5 aromatic rings. The van der Waals surface area contributed by atoms with Gasteiger partial charge in [-0.15, -0.1) is 0 Å². The number of sulfone groups is 1. The van der Waals surface area contributed by atoms with E-state index < -0.39 is 37.9 Å². The summed E-state index contributed by atoms with van der Waals surface area (Å²) in [5, 5.41) is 5.69. The average molecular weight is 566 g/mol. The van der Waals surface area contributed by atoms with Crippen molar-refractivity contribution in [1.29, 1.82) is 0 Å². The Balaban J connectivity index is 1.46. The first-order valence-electron chi connectivity index (χ1n) is 12.9. The molecule has 2 aromatic carbocycles. The van der Waals surface area contributed by atoms with Gasteiger partial charge in [-0.3, -0.25) is 4.68 Å². The molecule has 0 unspecified atom stereocenters. The fourth-order valence-electron chi connectivity index (χ4n) is 5.30. The molecule has 1 N–H and O–H groups in total. The van der Waals surface area contributed by atoms with E-state index in [-0.39, 0.29) is 17.2 Å². The number of halogens is 3. The molecule has 0 spiro atoms. The van der Waals surface area contributed by atoms with Gasteiger partial charge in [0.15, 0.2) is 9.84 Å². The molecule has 0 bridgehead atoms. The van der Waals surface area contributed by atoms with Crippen LogP contribution in [0.4, 0.5) is 13.2 Å². The van der Waals surface area contributed by atoms with E-state index in [1.165, 1.54) is 6.07 Å². The highest BCUT2D eigenvalue weighted by Gasteiger charge is 2.27. The Labute approximate surface area is 229 Å². The molecule has 0 atom stereocenters. The summed E-state index contributed by atoms with van der Waals surface area (Å²) in [5.74, 6) is -3.61. The molecule has 40 heavy (non-hydrogen) atoms. The summed E-state index contributed by atoms with van der Waals surface area (Å²) >= 11 is 0.